The first-order valence-electron chi connectivity index (χ1n) is 38.9. The Morgan fingerprint density at radius 1 is 0.469 bits per heavy atom. The number of anilines is 7. The van der Waals surface area contributed by atoms with Gasteiger partial charge in [-0.2, -0.15) is 43.8 Å². The Labute approximate surface area is 735 Å². The maximum Gasteiger partial charge on any atom is 0.573 e. The molecule has 0 saturated carbocycles. The van der Waals surface area contributed by atoms with Crippen molar-refractivity contribution < 1.29 is 116 Å². The molecule has 41 heteroatoms. The predicted octanol–water partition coefficient (Wildman–Crippen LogP) is 17.4. The monoisotopic (exact) mass is 1860 g/mol. The summed E-state index contributed by atoms with van der Waals surface area (Å²) < 4.78 is 283. The highest BCUT2D eigenvalue weighted by Gasteiger charge is 2.36. The number of sulfonamides is 2. The Bertz CT molecular complexity index is 5990. The van der Waals surface area contributed by atoms with Crippen LogP contribution in [0.3, 0.4) is 0 Å². The molecule has 7 N–H and O–H groups in total. The van der Waals surface area contributed by atoms with Gasteiger partial charge >= 0.3 is 24.9 Å². The van der Waals surface area contributed by atoms with Crippen LogP contribution in [0.25, 0.3) is 32.7 Å². The van der Waals surface area contributed by atoms with E-state index in [4.69, 9.17) is 32.9 Å². The molecule has 3 saturated heterocycles. The first-order chi connectivity index (χ1) is 59.2. The van der Waals surface area contributed by atoms with Crippen LogP contribution < -0.4 is 50.8 Å². The molecule has 13 rings (SSSR count). The SMILES string of the molecule is C.C.C.COCCN(C)S(=O)(=O)c1ccc(NCC#Cc2cc3c(NC4CCOCC4)cccc3n2CC(F)(F)F)c(OC)c1.COc1cc(S(=O)(=O)Nc2cc(C)on2)ccc1NCC#Cc1cc2c(NC3CCOCC3)cccc2n1CC(F)(F)F.CS(=O)(=O)c1ccc(NCC#Cc2cc3c(NC4CCOCC4)cccc3n2CC(F)(F)F)c(OC(F)(F)F)c1. The van der Waals surface area contributed by atoms with E-state index in [1.54, 1.807) is 67.6 Å². The highest BCUT2D eigenvalue weighted by molar-refractivity contribution is 7.92. The number of benzene rings is 6. The number of nitrogens with one attached hydrogen (secondary N) is 7. The normalized spacial score (nSPS) is 14.2. The van der Waals surface area contributed by atoms with E-state index in [9.17, 15) is 77.9 Å². The largest absolute Gasteiger partial charge is 0.573 e. The van der Waals surface area contributed by atoms with Gasteiger partial charge in [-0.25, -0.2) is 25.3 Å². The first-order valence-corrected chi connectivity index (χ1v) is 43.7. The van der Waals surface area contributed by atoms with Crippen LogP contribution in [-0.2, 0) is 68.5 Å². The highest BCUT2D eigenvalue weighted by atomic mass is 32.2. The van der Waals surface area contributed by atoms with Crippen LogP contribution in [0.2, 0.25) is 0 Å². The third-order valence-corrected chi connectivity index (χ3v) is 24.1. The summed E-state index contributed by atoms with van der Waals surface area (Å²) in [6.45, 7) is 2.02. The van der Waals surface area contributed by atoms with Crippen molar-refractivity contribution in [3.05, 3.63) is 156 Å². The zero-order valence-corrected chi connectivity index (χ0v) is 70.7. The number of rotatable bonds is 27. The summed E-state index contributed by atoms with van der Waals surface area (Å²) in [6, 6.07) is 33.8. The number of ether oxygens (including phenoxy) is 7. The van der Waals surface area contributed by atoms with Crippen molar-refractivity contribution in [1.82, 2.24) is 23.2 Å². The van der Waals surface area contributed by atoms with Crippen molar-refractivity contribution in [3.8, 4) is 52.8 Å². The van der Waals surface area contributed by atoms with Gasteiger partial charge in [0.25, 0.3) is 10.0 Å². The van der Waals surface area contributed by atoms with E-state index < -0.39 is 80.2 Å². The number of aromatic nitrogens is 4. The minimum Gasteiger partial charge on any atom is -0.495 e. The van der Waals surface area contributed by atoms with Crippen LogP contribution in [-0.4, -0.2) is 198 Å². The summed E-state index contributed by atoms with van der Waals surface area (Å²) in [5, 5.41) is 24.5. The number of aryl methyl sites for hydroxylation is 1. The van der Waals surface area contributed by atoms with Crippen molar-refractivity contribution in [2.45, 2.75) is 145 Å². The van der Waals surface area contributed by atoms with E-state index in [1.165, 1.54) is 84.3 Å². The van der Waals surface area contributed by atoms with Gasteiger partial charge in [-0.1, -0.05) is 63.4 Å². The Morgan fingerprint density at radius 2 is 0.820 bits per heavy atom. The summed E-state index contributed by atoms with van der Waals surface area (Å²) in [5.74, 6) is 17.1. The summed E-state index contributed by atoms with van der Waals surface area (Å²) >= 11 is 0. The molecule has 26 nitrogen and oxygen atoms in total. The number of methoxy groups -OCH3 is 3. The molecule has 696 valence electrons. The minimum absolute atomic E-state index is 0. The van der Waals surface area contributed by atoms with Gasteiger partial charge in [-0.05, 0) is 154 Å². The highest BCUT2D eigenvalue weighted by Crippen LogP contribution is 2.39. The van der Waals surface area contributed by atoms with Gasteiger partial charge in [0, 0.05) is 142 Å². The van der Waals surface area contributed by atoms with E-state index in [0.717, 1.165) is 78.9 Å². The fourth-order valence-electron chi connectivity index (χ4n) is 13.8. The lowest BCUT2D eigenvalue weighted by Gasteiger charge is -2.24. The zero-order valence-electron chi connectivity index (χ0n) is 68.3. The number of sulfone groups is 1. The fourth-order valence-corrected chi connectivity index (χ4v) is 16.6. The number of halogens is 12. The van der Waals surface area contributed by atoms with Crippen LogP contribution in [0.1, 0.15) is 83.6 Å². The lowest BCUT2D eigenvalue weighted by molar-refractivity contribution is -0.274. The van der Waals surface area contributed by atoms with Crippen LogP contribution >= 0.6 is 0 Å². The molecule has 7 heterocycles. The van der Waals surface area contributed by atoms with Gasteiger partial charge < -0.3 is 83.3 Å². The predicted molar refractivity (Wildman–Crippen MR) is 469 cm³/mol. The lowest BCUT2D eigenvalue weighted by atomic mass is 10.1. The number of alkyl halides is 12. The molecule has 10 aromatic rings. The molecule has 3 fully saturated rings. The summed E-state index contributed by atoms with van der Waals surface area (Å²) in [5.41, 5.74) is 4.62. The number of fused-ring (bicyclic) bond motifs is 3. The molecule has 0 atom stereocenters. The van der Waals surface area contributed by atoms with Crippen LogP contribution in [0.5, 0.6) is 17.2 Å². The molecular weight excluding hydrogens is 1760 g/mol. The number of hydrogen-bond acceptors (Lipinski definition) is 21. The van der Waals surface area contributed by atoms with Crippen molar-refractivity contribution in [2.75, 3.05) is 144 Å². The average molecular weight is 1860 g/mol. The minimum atomic E-state index is -5.09. The average Bonchev–Trinajstić information content (AvgIpc) is 1.62. The molecule has 0 unspecified atom stereocenters. The van der Waals surface area contributed by atoms with Gasteiger partial charge in [0.2, 0.25) is 10.0 Å². The van der Waals surface area contributed by atoms with E-state index in [1.807, 2.05) is 12.1 Å². The molecule has 0 amide bonds. The summed E-state index contributed by atoms with van der Waals surface area (Å²) in [4.78, 5) is -0.398. The van der Waals surface area contributed by atoms with Gasteiger partial charge in [0.15, 0.2) is 21.4 Å². The third kappa shape index (κ3) is 28.3. The lowest BCUT2D eigenvalue weighted by Crippen LogP contribution is -2.30. The molecule has 128 heavy (non-hydrogen) atoms. The Hall–Kier alpha value is -11.4. The molecule has 0 aliphatic carbocycles. The third-order valence-electron chi connectivity index (χ3n) is 19.8. The molecule has 3 aliphatic heterocycles. The number of hydrogen-bond donors (Lipinski definition) is 7. The van der Waals surface area contributed by atoms with Crippen molar-refractivity contribution in [2.24, 2.45) is 0 Å². The van der Waals surface area contributed by atoms with Crippen LogP contribution in [0, 0.1) is 42.4 Å². The van der Waals surface area contributed by atoms with Gasteiger partial charge in [-0.15, -0.1) is 13.2 Å². The van der Waals surface area contributed by atoms with E-state index >= 15 is 0 Å². The molecule has 4 aromatic heterocycles. The molecular formula is C87H102F12N12O14S3. The number of likely N-dealkylation sites (N-methyl/N-ethyl adjacent to an activating group) is 1. The molecule has 0 bridgehead atoms. The Morgan fingerprint density at radius 3 is 1.16 bits per heavy atom. The molecule has 0 radical (unpaired) electrons. The van der Waals surface area contributed by atoms with Crippen molar-refractivity contribution >= 4 is 103 Å². The quantitative estimate of drug-likeness (QED) is 0.0186. The summed E-state index contributed by atoms with van der Waals surface area (Å²) in [7, 11) is -5.78. The number of nitrogens with zero attached hydrogens (tertiary/aromatic N) is 5. The maximum absolute atomic E-state index is 13.6. The van der Waals surface area contributed by atoms with E-state index in [2.05, 4.69) is 82.0 Å². The van der Waals surface area contributed by atoms with Crippen LogP contribution in [0.4, 0.5) is 92.6 Å². The van der Waals surface area contributed by atoms with Gasteiger partial charge in [0.1, 0.15) is 36.9 Å². The topological polar surface area (TPSA) is 295 Å². The van der Waals surface area contributed by atoms with Gasteiger partial charge in [-0.3, -0.25) is 4.72 Å². The second-order valence-corrected chi connectivity index (χ2v) is 34.7. The van der Waals surface area contributed by atoms with Crippen molar-refractivity contribution in [1.29, 1.82) is 0 Å². The Kier molecular flexibility index (Phi) is 35.5. The van der Waals surface area contributed by atoms with Gasteiger partial charge in [0.05, 0.1) is 106 Å². The fraction of sp³-hybridized carbons (Fsp3) is 0.414. The molecule has 3 aliphatic rings. The first kappa shape index (κ1) is 102. The van der Waals surface area contributed by atoms with Crippen molar-refractivity contribution in [3.63, 3.8) is 0 Å². The van der Waals surface area contributed by atoms with E-state index in [-0.39, 0.29) is 128 Å². The standard InChI is InChI=1S/C29H30F3N5O5S.C29H35F3N4O5S.C26H25F6N3O4S.3CH4/c1-19-15-28(35-42-19)36-43(38,39)22-8-9-25(27(17-22)40-2)33-12-4-5-21-16-23-24(34-20-10-13-41-14-11-20)6-3-7-26(23)37(21)18-29(30,31)32;1-35(14-17-39-2)42(37,38)23-9-10-26(28(19-23)40-3)33-13-5-6-22-18-24-25(34-21-11-15-41-16-12-21)7-4-8-27(24)36(22)20-29(30,31)32;1-40(36,37)19-7-8-22(24(15-19)39-26(30,31)32)33-11-3-4-18-14-20-21(34-17-9-12-38-13-10-17)5-2-6-23(20)35(18)16-25(27,28)29;;;/h3,6-9,15-17,20,33-34H,10-14,18H2,1-2H3,(H,35,36);4,7-10,18-19,21,33-34H,11-17,20H2,1-3H3;2,5-8,14-15,17,33-34H,9-13,16H2,1H3;3*1H4. The Balaban J connectivity index is 0.000000235. The summed E-state index contributed by atoms with van der Waals surface area (Å²) in [6.07, 6.45) is -12.9. The second-order valence-electron chi connectivity index (χ2n) is 28.9. The zero-order chi connectivity index (χ0) is 90.1. The second kappa shape index (κ2) is 44.6. The maximum atomic E-state index is 13.6. The smallest absolute Gasteiger partial charge is 0.495 e. The molecule has 0 spiro atoms. The van der Waals surface area contributed by atoms with Crippen LogP contribution in [0.15, 0.2) is 153 Å². The molecule has 6 aromatic carbocycles. The van der Waals surface area contributed by atoms with E-state index in [0.29, 0.717) is 95.2 Å².